The van der Waals surface area contributed by atoms with Crippen molar-refractivity contribution in [2.75, 3.05) is 0 Å². The normalized spacial score (nSPS) is 17.2. The van der Waals surface area contributed by atoms with Crippen molar-refractivity contribution in [2.45, 2.75) is 51.9 Å². The highest BCUT2D eigenvalue weighted by molar-refractivity contribution is 5.86. The van der Waals surface area contributed by atoms with E-state index in [9.17, 15) is 14.3 Å². The molecule has 1 aliphatic rings. The Kier molecular flexibility index (Phi) is 9.11. The number of nitrogens with zero attached hydrogens (tertiary/aromatic N) is 6. The van der Waals surface area contributed by atoms with E-state index in [-0.39, 0.29) is 17.5 Å². The third kappa shape index (κ3) is 6.43. The van der Waals surface area contributed by atoms with E-state index in [1.54, 1.807) is 30.5 Å². The van der Waals surface area contributed by atoms with Gasteiger partial charge in [-0.15, -0.1) is 5.10 Å². The van der Waals surface area contributed by atoms with Crippen molar-refractivity contribution in [3.8, 4) is 28.7 Å². The molecule has 0 radical (unpaired) electrons. The van der Waals surface area contributed by atoms with E-state index in [1.165, 1.54) is 22.5 Å². The number of hydrogen-bond donors (Lipinski definition) is 1. The van der Waals surface area contributed by atoms with E-state index in [1.807, 2.05) is 31.2 Å². The molecule has 0 amide bonds. The second-order valence-electron chi connectivity index (χ2n) is 10.5. The van der Waals surface area contributed by atoms with Crippen LogP contribution in [0.25, 0.3) is 34.2 Å². The standard InChI is InChI=1S/C32H33FN6O3/c1-3-34-20-19-21(2)29-28(36-38-39(29)27-14-7-6-13-26(27)33)31-35-30(37-42-31)24-17-15-22(16-18-24)9-4-5-10-23-11-8-12-25(23)32(40)41/h3,6-7,13-20,23,25H,1,4-5,8-12H2,2H3,(H,40,41)/b21-19+,34-20-/t23?,25-/m0/s1. The summed E-state index contributed by atoms with van der Waals surface area (Å²) in [5.74, 6) is -0.392. The highest BCUT2D eigenvalue weighted by Gasteiger charge is 2.32. The summed E-state index contributed by atoms with van der Waals surface area (Å²) in [4.78, 5) is 20.0. The van der Waals surface area contributed by atoms with Crippen LogP contribution in [-0.4, -0.2) is 42.4 Å². The number of allylic oxidation sites excluding steroid dienone is 2. The van der Waals surface area contributed by atoms with Crippen LogP contribution in [-0.2, 0) is 11.2 Å². The van der Waals surface area contributed by atoms with Gasteiger partial charge in [-0.2, -0.15) is 4.98 Å². The lowest BCUT2D eigenvalue weighted by molar-refractivity contribution is -0.143. The number of carbonyl (C=O) groups is 1. The first kappa shape index (κ1) is 28.8. The van der Waals surface area contributed by atoms with Crippen molar-refractivity contribution >= 4 is 17.8 Å². The highest BCUT2D eigenvalue weighted by Crippen LogP contribution is 2.35. The number of aryl methyl sites for hydroxylation is 1. The summed E-state index contributed by atoms with van der Waals surface area (Å²) in [6, 6.07) is 14.3. The molecule has 0 saturated heterocycles. The van der Waals surface area contributed by atoms with Crippen LogP contribution >= 0.6 is 0 Å². The van der Waals surface area contributed by atoms with E-state index >= 15 is 0 Å². The third-order valence-electron chi connectivity index (χ3n) is 7.75. The number of carboxylic acid groups (broad SMARTS) is 1. The molecule has 1 fully saturated rings. The summed E-state index contributed by atoms with van der Waals surface area (Å²) < 4.78 is 21.7. The van der Waals surface area contributed by atoms with Gasteiger partial charge in [0.25, 0.3) is 5.89 Å². The Morgan fingerprint density at radius 3 is 2.76 bits per heavy atom. The molecule has 1 N–H and O–H groups in total. The minimum absolute atomic E-state index is 0.159. The van der Waals surface area contributed by atoms with Crippen molar-refractivity contribution in [2.24, 2.45) is 16.8 Å². The fourth-order valence-electron chi connectivity index (χ4n) is 5.57. The number of aromatic nitrogens is 5. The Morgan fingerprint density at radius 2 is 2.00 bits per heavy atom. The van der Waals surface area contributed by atoms with Gasteiger partial charge in [0, 0.05) is 18.0 Å². The molecule has 2 heterocycles. The molecule has 42 heavy (non-hydrogen) atoms. The second kappa shape index (κ2) is 13.3. The quantitative estimate of drug-likeness (QED) is 0.145. The molecular formula is C32H33FN6O3. The summed E-state index contributed by atoms with van der Waals surface area (Å²) in [5, 5.41) is 22.0. The van der Waals surface area contributed by atoms with Crippen LogP contribution in [0.1, 0.15) is 56.7 Å². The van der Waals surface area contributed by atoms with Crippen molar-refractivity contribution in [3.63, 3.8) is 0 Å². The lowest BCUT2D eigenvalue weighted by Crippen LogP contribution is -2.18. The van der Waals surface area contributed by atoms with Gasteiger partial charge in [-0.25, -0.2) is 9.07 Å². The number of aliphatic carboxylic acids is 1. The maximum Gasteiger partial charge on any atom is 0.306 e. The Morgan fingerprint density at radius 1 is 1.19 bits per heavy atom. The molecule has 10 heteroatoms. The van der Waals surface area contributed by atoms with Crippen LogP contribution in [0.4, 0.5) is 4.39 Å². The molecule has 0 bridgehead atoms. The van der Waals surface area contributed by atoms with Gasteiger partial charge in [0.05, 0.1) is 5.92 Å². The van der Waals surface area contributed by atoms with Crippen molar-refractivity contribution < 1.29 is 18.8 Å². The maximum absolute atomic E-state index is 14.7. The van der Waals surface area contributed by atoms with E-state index in [0.717, 1.165) is 50.5 Å². The first-order chi connectivity index (χ1) is 20.5. The SMILES string of the molecule is C=C/N=C\C=C(/C)c1c(-c2nc(-c3ccc(CCCCC4CCC[C@@H]4C(=O)O)cc3)no2)nnn1-c1ccccc1F. The number of rotatable bonds is 12. The molecule has 4 aromatic rings. The zero-order valence-electron chi connectivity index (χ0n) is 23.5. The Balaban J connectivity index is 1.30. The Bertz CT molecular complexity index is 1600. The summed E-state index contributed by atoms with van der Waals surface area (Å²) in [6.07, 6.45) is 11.5. The van der Waals surface area contributed by atoms with Crippen LogP contribution in [0.5, 0.6) is 0 Å². The molecule has 5 rings (SSSR count). The summed E-state index contributed by atoms with van der Waals surface area (Å²) >= 11 is 0. The minimum atomic E-state index is -0.645. The molecule has 2 atom stereocenters. The highest BCUT2D eigenvalue weighted by atomic mass is 19.1. The molecule has 216 valence electrons. The van der Waals surface area contributed by atoms with Gasteiger partial charge in [0.1, 0.15) is 17.2 Å². The van der Waals surface area contributed by atoms with Crippen LogP contribution in [0.3, 0.4) is 0 Å². The first-order valence-electron chi connectivity index (χ1n) is 14.1. The van der Waals surface area contributed by atoms with Gasteiger partial charge in [-0.3, -0.25) is 9.79 Å². The van der Waals surface area contributed by atoms with Crippen LogP contribution < -0.4 is 0 Å². The van der Waals surface area contributed by atoms with E-state index < -0.39 is 11.8 Å². The van der Waals surface area contributed by atoms with Gasteiger partial charge >= 0.3 is 5.97 Å². The summed E-state index contributed by atoms with van der Waals surface area (Å²) in [7, 11) is 0. The third-order valence-corrected chi connectivity index (χ3v) is 7.75. The zero-order valence-corrected chi connectivity index (χ0v) is 23.5. The predicted molar refractivity (Wildman–Crippen MR) is 158 cm³/mol. The molecule has 2 aromatic carbocycles. The molecule has 0 spiro atoms. The predicted octanol–water partition coefficient (Wildman–Crippen LogP) is 6.95. The number of halogens is 1. The first-order valence-corrected chi connectivity index (χ1v) is 14.1. The van der Waals surface area contributed by atoms with Crippen LogP contribution in [0.15, 0.2) is 76.9 Å². The Labute approximate surface area is 243 Å². The summed E-state index contributed by atoms with van der Waals surface area (Å²) in [6.45, 7) is 5.42. The number of para-hydroxylation sites is 1. The van der Waals surface area contributed by atoms with Crippen molar-refractivity contribution in [1.29, 1.82) is 0 Å². The molecule has 9 nitrogen and oxygen atoms in total. The number of aliphatic imine (C=N–C) groups is 1. The molecule has 1 unspecified atom stereocenters. The van der Waals surface area contributed by atoms with Gasteiger partial charge < -0.3 is 9.63 Å². The van der Waals surface area contributed by atoms with E-state index in [2.05, 4.69) is 32.0 Å². The van der Waals surface area contributed by atoms with Gasteiger partial charge in [-0.05, 0) is 74.3 Å². The van der Waals surface area contributed by atoms with Crippen molar-refractivity contribution in [1.82, 2.24) is 25.1 Å². The lowest BCUT2D eigenvalue weighted by Gasteiger charge is -2.15. The van der Waals surface area contributed by atoms with Crippen LogP contribution in [0.2, 0.25) is 0 Å². The molecule has 1 saturated carbocycles. The van der Waals surface area contributed by atoms with Gasteiger partial charge in [0.15, 0.2) is 5.69 Å². The Hall–Kier alpha value is -4.73. The number of unbranched alkanes of at least 4 members (excludes halogenated alkanes) is 1. The monoisotopic (exact) mass is 568 g/mol. The van der Waals surface area contributed by atoms with E-state index in [4.69, 9.17) is 4.52 Å². The zero-order chi connectivity index (χ0) is 29.5. The molecule has 2 aromatic heterocycles. The fourth-order valence-corrected chi connectivity index (χ4v) is 5.57. The number of carboxylic acids is 1. The average Bonchev–Trinajstić information content (AvgIpc) is 3.76. The van der Waals surface area contributed by atoms with Crippen LogP contribution in [0, 0.1) is 17.7 Å². The molecule has 0 aliphatic heterocycles. The minimum Gasteiger partial charge on any atom is -0.481 e. The largest absolute Gasteiger partial charge is 0.481 e. The van der Waals surface area contributed by atoms with Crippen molar-refractivity contribution in [3.05, 3.63) is 84.5 Å². The fraction of sp³-hybridized carbons (Fsp3) is 0.312. The summed E-state index contributed by atoms with van der Waals surface area (Å²) in [5.41, 5.74) is 3.74. The maximum atomic E-state index is 14.7. The number of hydrogen-bond acceptors (Lipinski definition) is 7. The van der Waals surface area contributed by atoms with Gasteiger partial charge in [0.2, 0.25) is 5.82 Å². The molecule has 1 aliphatic carbocycles. The topological polar surface area (TPSA) is 119 Å². The second-order valence-corrected chi connectivity index (χ2v) is 10.5. The lowest BCUT2D eigenvalue weighted by atomic mass is 9.90. The molecular weight excluding hydrogens is 535 g/mol. The van der Waals surface area contributed by atoms with E-state index in [0.29, 0.717) is 28.7 Å². The average molecular weight is 569 g/mol. The number of benzene rings is 2. The van der Waals surface area contributed by atoms with Gasteiger partial charge in [-0.1, -0.05) is 66.2 Å². The smallest absolute Gasteiger partial charge is 0.306 e.